The number of aryl methyl sites for hydroxylation is 1. The van der Waals surface area contributed by atoms with Crippen LogP contribution in [0.5, 0.6) is 11.5 Å². The van der Waals surface area contributed by atoms with Crippen molar-refractivity contribution in [1.82, 2.24) is 19.2 Å². The molecule has 33 heavy (non-hydrogen) atoms. The first-order valence-corrected chi connectivity index (χ1v) is 12.5. The van der Waals surface area contributed by atoms with E-state index in [9.17, 15) is 4.79 Å². The molecule has 2 aromatic carbocycles. The highest BCUT2D eigenvalue weighted by atomic mass is 32.2. The maximum absolute atomic E-state index is 13.1. The number of benzene rings is 2. The normalized spacial score (nSPS) is 15.2. The first-order valence-electron chi connectivity index (χ1n) is 11.5. The molecular weight excluding hydrogens is 436 g/mol. The summed E-state index contributed by atoms with van der Waals surface area (Å²) in [6, 6.07) is 11.9. The summed E-state index contributed by atoms with van der Waals surface area (Å²) < 4.78 is 15.7. The largest absolute Gasteiger partial charge is 0.494 e. The summed E-state index contributed by atoms with van der Waals surface area (Å²) in [4.78, 5) is 13.1. The van der Waals surface area contributed by atoms with Crippen molar-refractivity contribution < 1.29 is 9.47 Å². The Balaban J connectivity index is 1.55. The smallest absolute Gasteiger partial charge is 0.262 e. The number of unbranched alkanes of at least 4 members (excludes halogenated alkanes) is 1. The summed E-state index contributed by atoms with van der Waals surface area (Å²) in [5.41, 5.74) is 3.07. The fourth-order valence-electron chi connectivity index (χ4n) is 4.37. The molecule has 172 valence electrons. The zero-order chi connectivity index (χ0) is 22.9. The van der Waals surface area contributed by atoms with E-state index in [2.05, 4.69) is 36.2 Å². The average molecular weight is 465 g/mol. The van der Waals surface area contributed by atoms with Gasteiger partial charge in [-0.2, -0.15) is 0 Å². The van der Waals surface area contributed by atoms with Gasteiger partial charge in [0, 0.05) is 29.8 Å². The number of rotatable bonds is 8. The van der Waals surface area contributed by atoms with E-state index in [1.165, 1.54) is 5.56 Å². The Morgan fingerprint density at radius 3 is 2.88 bits per heavy atom. The summed E-state index contributed by atoms with van der Waals surface area (Å²) in [6.07, 6.45) is 3.00. The molecule has 2 aromatic heterocycles. The average Bonchev–Trinajstić information content (AvgIpc) is 3.40. The molecule has 0 aliphatic carbocycles. The molecule has 1 unspecified atom stereocenters. The van der Waals surface area contributed by atoms with E-state index < -0.39 is 0 Å². The van der Waals surface area contributed by atoms with Gasteiger partial charge in [0.1, 0.15) is 17.6 Å². The van der Waals surface area contributed by atoms with Gasteiger partial charge in [0.15, 0.2) is 5.16 Å². The third-order valence-corrected chi connectivity index (χ3v) is 6.93. The highest BCUT2D eigenvalue weighted by Crippen LogP contribution is 2.37. The van der Waals surface area contributed by atoms with Crippen molar-refractivity contribution in [1.29, 1.82) is 0 Å². The van der Waals surface area contributed by atoms with E-state index in [1.54, 1.807) is 16.3 Å². The second-order valence-corrected chi connectivity index (χ2v) is 9.31. The minimum atomic E-state index is -0.0148. The first-order chi connectivity index (χ1) is 16.1. The predicted molar refractivity (Wildman–Crippen MR) is 131 cm³/mol. The van der Waals surface area contributed by atoms with Gasteiger partial charge in [-0.1, -0.05) is 37.2 Å². The summed E-state index contributed by atoms with van der Waals surface area (Å²) >= 11 is 1.59. The van der Waals surface area contributed by atoms with Gasteiger partial charge in [0.05, 0.1) is 17.5 Å². The van der Waals surface area contributed by atoms with Gasteiger partial charge in [-0.15, -0.1) is 10.2 Å². The van der Waals surface area contributed by atoms with Crippen molar-refractivity contribution in [3.8, 4) is 11.5 Å². The van der Waals surface area contributed by atoms with E-state index in [4.69, 9.17) is 9.47 Å². The molecule has 0 fully saturated rings. The summed E-state index contributed by atoms with van der Waals surface area (Å²) in [6.45, 7) is 7.43. The second-order valence-electron chi connectivity index (χ2n) is 8.37. The Kier molecular flexibility index (Phi) is 6.01. The highest BCUT2D eigenvalue weighted by molar-refractivity contribution is 7.98. The molecule has 0 saturated heterocycles. The lowest BCUT2D eigenvalue weighted by molar-refractivity contribution is 0.254. The summed E-state index contributed by atoms with van der Waals surface area (Å²) in [5.74, 6) is 3.07. The monoisotopic (exact) mass is 464 g/mol. The molecule has 1 atom stereocenters. The molecule has 8 heteroatoms. The molecule has 7 nitrogen and oxygen atoms in total. The summed E-state index contributed by atoms with van der Waals surface area (Å²) in [5, 5.41) is 10.3. The topological polar surface area (TPSA) is 70.7 Å². The van der Waals surface area contributed by atoms with Crippen molar-refractivity contribution >= 4 is 28.4 Å². The molecule has 1 aliphatic rings. The quantitative estimate of drug-likeness (QED) is 0.347. The molecule has 0 N–H and O–H groups in total. The number of hydrogen-bond donors (Lipinski definition) is 0. The van der Waals surface area contributed by atoms with Crippen molar-refractivity contribution in [2.45, 2.75) is 63.6 Å². The fourth-order valence-corrected chi connectivity index (χ4v) is 5.29. The molecule has 0 spiro atoms. The standard InChI is InChI=1S/C25H28N4O3S/c1-4-6-11-28-23(30)19-9-7-8-10-20(19)29-24(28)26-27-25(29)33-15-18-14-22-17(12-16(3)32-22)13-21(18)31-5-2/h7-10,13-14,16H,4-6,11-12,15H2,1-3H3. The molecular formula is C25H28N4O3S. The lowest BCUT2D eigenvalue weighted by Gasteiger charge is -2.13. The molecule has 0 saturated carbocycles. The molecule has 0 amide bonds. The zero-order valence-corrected chi connectivity index (χ0v) is 20.0. The van der Waals surface area contributed by atoms with Gasteiger partial charge in [0.2, 0.25) is 5.78 Å². The maximum atomic E-state index is 13.1. The van der Waals surface area contributed by atoms with Gasteiger partial charge in [-0.3, -0.25) is 13.8 Å². The Morgan fingerprint density at radius 2 is 2.06 bits per heavy atom. The van der Waals surface area contributed by atoms with Crippen molar-refractivity contribution in [3.63, 3.8) is 0 Å². The van der Waals surface area contributed by atoms with Crippen molar-refractivity contribution in [2.75, 3.05) is 6.61 Å². The SMILES string of the molecule is CCCCn1c(=O)c2ccccc2n2c(SCc3cc4c(cc3OCC)CC(C)O4)nnc12. The predicted octanol–water partition coefficient (Wildman–Crippen LogP) is 4.86. The number of fused-ring (bicyclic) bond motifs is 4. The van der Waals surface area contributed by atoms with E-state index in [1.807, 2.05) is 35.6 Å². The Bertz CT molecular complexity index is 1380. The maximum Gasteiger partial charge on any atom is 0.262 e. The molecule has 0 radical (unpaired) electrons. The molecule has 1 aliphatic heterocycles. The zero-order valence-electron chi connectivity index (χ0n) is 19.2. The fraction of sp³-hybridized carbons (Fsp3) is 0.400. The lowest BCUT2D eigenvalue weighted by atomic mass is 10.1. The van der Waals surface area contributed by atoms with Gasteiger partial charge >= 0.3 is 0 Å². The number of thioether (sulfide) groups is 1. The van der Waals surface area contributed by atoms with Crippen molar-refractivity contribution in [3.05, 3.63) is 57.9 Å². The van der Waals surface area contributed by atoms with Gasteiger partial charge in [0.25, 0.3) is 5.56 Å². The van der Waals surface area contributed by atoms with Gasteiger partial charge in [-0.05, 0) is 44.5 Å². The second kappa shape index (κ2) is 9.09. The lowest BCUT2D eigenvalue weighted by Crippen LogP contribution is -2.23. The van der Waals surface area contributed by atoms with Crippen LogP contribution in [0.15, 0.2) is 46.3 Å². The number of hydrogen-bond acceptors (Lipinski definition) is 6. The van der Waals surface area contributed by atoms with Crippen LogP contribution in [0.4, 0.5) is 0 Å². The van der Waals surface area contributed by atoms with E-state index in [0.717, 1.165) is 47.0 Å². The Hall–Kier alpha value is -3.00. The molecule has 4 aromatic rings. The van der Waals surface area contributed by atoms with E-state index in [0.29, 0.717) is 30.1 Å². The number of aromatic nitrogens is 4. The van der Waals surface area contributed by atoms with E-state index >= 15 is 0 Å². The number of nitrogens with zero attached hydrogens (tertiary/aromatic N) is 4. The van der Waals surface area contributed by atoms with Crippen LogP contribution in [-0.4, -0.2) is 31.9 Å². The molecule has 0 bridgehead atoms. The molecule has 5 rings (SSSR count). The van der Waals surface area contributed by atoms with Crippen LogP contribution in [0.1, 0.15) is 44.7 Å². The van der Waals surface area contributed by atoms with Crippen LogP contribution in [0, 0.1) is 0 Å². The molecule has 3 heterocycles. The van der Waals surface area contributed by atoms with E-state index in [-0.39, 0.29) is 11.7 Å². The van der Waals surface area contributed by atoms with Gasteiger partial charge in [-0.25, -0.2) is 0 Å². The van der Waals surface area contributed by atoms with Crippen LogP contribution >= 0.6 is 11.8 Å². The minimum Gasteiger partial charge on any atom is -0.494 e. The van der Waals surface area contributed by atoms with Crippen LogP contribution in [0.3, 0.4) is 0 Å². The third kappa shape index (κ3) is 3.97. The minimum absolute atomic E-state index is 0.0148. The number of ether oxygens (including phenoxy) is 2. The van der Waals surface area contributed by atoms with Crippen LogP contribution in [0.25, 0.3) is 16.7 Å². The van der Waals surface area contributed by atoms with Crippen LogP contribution in [0.2, 0.25) is 0 Å². The van der Waals surface area contributed by atoms with Crippen LogP contribution in [-0.2, 0) is 18.7 Å². The van der Waals surface area contributed by atoms with Gasteiger partial charge < -0.3 is 9.47 Å². The highest BCUT2D eigenvalue weighted by Gasteiger charge is 2.23. The Labute approximate surface area is 196 Å². The van der Waals surface area contributed by atoms with Crippen LogP contribution < -0.4 is 15.0 Å². The number of para-hydroxylation sites is 1. The Morgan fingerprint density at radius 1 is 1.21 bits per heavy atom. The van der Waals surface area contributed by atoms with Crippen molar-refractivity contribution in [2.24, 2.45) is 0 Å². The summed E-state index contributed by atoms with van der Waals surface area (Å²) in [7, 11) is 0. The first kappa shape index (κ1) is 21.8. The third-order valence-electron chi connectivity index (χ3n) is 5.95.